The van der Waals surface area contributed by atoms with Gasteiger partial charge < -0.3 is 9.94 Å². The molecule has 0 amide bonds. The van der Waals surface area contributed by atoms with Gasteiger partial charge in [0.2, 0.25) is 0 Å². The Labute approximate surface area is 108 Å². The van der Waals surface area contributed by atoms with Crippen molar-refractivity contribution in [1.29, 1.82) is 0 Å². The Morgan fingerprint density at radius 2 is 2.13 bits per heavy atom. The van der Waals surface area contributed by atoms with Crippen molar-refractivity contribution in [2.75, 3.05) is 14.2 Å². The van der Waals surface area contributed by atoms with Crippen LogP contribution in [0.3, 0.4) is 0 Å². The molecule has 0 spiro atoms. The van der Waals surface area contributed by atoms with Gasteiger partial charge in [0.25, 0.3) is 0 Å². The number of hydrogen-bond acceptors (Lipinski definition) is 3. The fraction of sp³-hybridized carbons (Fsp3) is 0.333. The summed E-state index contributed by atoms with van der Waals surface area (Å²) in [7, 11) is 2.82. The van der Waals surface area contributed by atoms with Gasteiger partial charge in [0.15, 0.2) is 0 Å². The van der Waals surface area contributed by atoms with Gasteiger partial charge in [0.05, 0.1) is 7.11 Å². The molecule has 0 aliphatic carbocycles. The van der Waals surface area contributed by atoms with Crippen LogP contribution in [0.5, 0.6) is 0 Å². The van der Waals surface area contributed by atoms with Gasteiger partial charge in [-0.05, 0) is 30.0 Å². The summed E-state index contributed by atoms with van der Waals surface area (Å²) in [5.41, 5.74) is 0.0590. The SMILES string of the molecule is CON(C)C([O-])c1cc(Br)ccc1F.[Li+]. The normalized spacial score (nSPS) is 12.4. The fourth-order valence-electron chi connectivity index (χ4n) is 0.995. The van der Waals surface area contributed by atoms with E-state index in [9.17, 15) is 9.50 Å². The second-order valence-corrected chi connectivity index (χ2v) is 3.66. The molecule has 3 nitrogen and oxygen atoms in total. The zero-order valence-electron chi connectivity index (χ0n) is 8.83. The molecule has 78 valence electrons. The molecule has 0 heterocycles. The van der Waals surface area contributed by atoms with E-state index >= 15 is 0 Å². The third kappa shape index (κ3) is 3.87. The monoisotopic (exact) mass is 269 g/mol. The Kier molecular flexibility index (Phi) is 6.69. The summed E-state index contributed by atoms with van der Waals surface area (Å²) in [4.78, 5) is 4.70. The molecular formula is C9H10BrFLiNO2. The number of hydroxylamine groups is 2. The molecular weight excluding hydrogens is 260 g/mol. The van der Waals surface area contributed by atoms with E-state index < -0.39 is 12.0 Å². The molecule has 1 unspecified atom stereocenters. The first-order valence-electron chi connectivity index (χ1n) is 3.94. The molecule has 0 fully saturated rings. The van der Waals surface area contributed by atoms with Crippen LogP contribution in [0, 0.1) is 5.82 Å². The minimum absolute atomic E-state index is 0. The Hall–Kier alpha value is 0.107. The quantitative estimate of drug-likeness (QED) is 0.379. The van der Waals surface area contributed by atoms with E-state index in [1.165, 1.54) is 26.3 Å². The standard InChI is InChI=1S/C9H10BrFNO2.Li/c1-12(14-2)9(13)7-5-6(10)3-4-8(7)11;/h3-5,9H,1-2H3;/q-1;+1. The van der Waals surface area contributed by atoms with Crippen LogP contribution in [0.4, 0.5) is 4.39 Å². The summed E-state index contributed by atoms with van der Waals surface area (Å²) in [6.07, 6.45) is -1.36. The van der Waals surface area contributed by atoms with Gasteiger partial charge in [-0.2, -0.15) is 0 Å². The number of benzene rings is 1. The van der Waals surface area contributed by atoms with Crippen LogP contribution < -0.4 is 24.0 Å². The summed E-state index contributed by atoms with van der Waals surface area (Å²) in [5, 5.41) is 12.6. The fourth-order valence-corrected chi connectivity index (χ4v) is 1.37. The van der Waals surface area contributed by atoms with E-state index in [2.05, 4.69) is 15.9 Å². The van der Waals surface area contributed by atoms with Crippen LogP contribution in [0.2, 0.25) is 0 Å². The van der Waals surface area contributed by atoms with E-state index in [0.29, 0.717) is 4.47 Å². The van der Waals surface area contributed by atoms with E-state index in [1.807, 2.05) is 0 Å². The Balaban J connectivity index is 0.00000196. The molecule has 0 aliphatic heterocycles. The van der Waals surface area contributed by atoms with Crippen LogP contribution in [0.1, 0.15) is 11.8 Å². The first kappa shape index (κ1) is 15.1. The molecule has 0 aromatic heterocycles. The van der Waals surface area contributed by atoms with Crippen LogP contribution in [0.15, 0.2) is 22.7 Å². The Morgan fingerprint density at radius 3 is 2.67 bits per heavy atom. The number of hydrogen-bond donors (Lipinski definition) is 0. The van der Waals surface area contributed by atoms with Gasteiger partial charge in [-0.1, -0.05) is 15.9 Å². The third-order valence-corrected chi connectivity index (χ3v) is 2.34. The van der Waals surface area contributed by atoms with Gasteiger partial charge in [-0.15, -0.1) is 0 Å². The van der Waals surface area contributed by atoms with Crippen molar-refractivity contribution in [3.63, 3.8) is 0 Å². The number of rotatable bonds is 3. The molecule has 1 aromatic carbocycles. The van der Waals surface area contributed by atoms with E-state index in [4.69, 9.17) is 4.84 Å². The number of nitrogens with zero attached hydrogens (tertiary/aromatic N) is 1. The van der Waals surface area contributed by atoms with Crippen molar-refractivity contribution in [1.82, 2.24) is 5.06 Å². The van der Waals surface area contributed by atoms with Crippen molar-refractivity contribution >= 4 is 15.9 Å². The smallest absolute Gasteiger partial charge is 0.835 e. The van der Waals surface area contributed by atoms with Gasteiger partial charge in [-0.25, -0.2) is 9.45 Å². The average Bonchev–Trinajstić information content (AvgIpc) is 2.19. The maximum Gasteiger partial charge on any atom is 1.00 e. The van der Waals surface area contributed by atoms with Crippen LogP contribution >= 0.6 is 15.9 Å². The molecule has 0 radical (unpaired) electrons. The van der Waals surface area contributed by atoms with Crippen molar-refractivity contribution in [3.8, 4) is 0 Å². The predicted molar refractivity (Wildman–Crippen MR) is 51.6 cm³/mol. The molecule has 0 N–H and O–H groups in total. The van der Waals surface area contributed by atoms with Crippen LogP contribution in [-0.4, -0.2) is 19.2 Å². The maximum absolute atomic E-state index is 13.2. The summed E-state index contributed by atoms with van der Waals surface area (Å²) < 4.78 is 13.9. The number of halogens is 2. The Morgan fingerprint density at radius 1 is 1.53 bits per heavy atom. The van der Waals surface area contributed by atoms with E-state index in [-0.39, 0.29) is 24.4 Å². The maximum atomic E-state index is 13.2. The zero-order chi connectivity index (χ0) is 10.7. The van der Waals surface area contributed by atoms with Gasteiger partial charge in [-0.3, -0.25) is 0 Å². The minimum Gasteiger partial charge on any atom is -0.835 e. The molecule has 6 heteroatoms. The molecule has 0 aliphatic rings. The first-order valence-corrected chi connectivity index (χ1v) is 4.73. The minimum atomic E-state index is -1.36. The van der Waals surface area contributed by atoms with Gasteiger partial charge in [0.1, 0.15) is 5.82 Å². The van der Waals surface area contributed by atoms with E-state index in [1.54, 1.807) is 6.07 Å². The molecule has 1 aromatic rings. The van der Waals surface area contributed by atoms with Gasteiger partial charge in [0, 0.05) is 11.5 Å². The van der Waals surface area contributed by atoms with E-state index in [0.717, 1.165) is 5.06 Å². The summed E-state index contributed by atoms with van der Waals surface area (Å²) in [5.74, 6) is -0.530. The molecule has 1 rings (SSSR count). The Bertz CT molecular complexity index is 327. The van der Waals surface area contributed by atoms with Crippen LogP contribution in [0.25, 0.3) is 0 Å². The first-order chi connectivity index (χ1) is 6.56. The molecule has 0 saturated carbocycles. The summed E-state index contributed by atoms with van der Waals surface area (Å²) >= 11 is 3.17. The van der Waals surface area contributed by atoms with Crippen molar-refractivity contribution in [3.05, 3.63) is 34.1 Å². The van der Waals surface area contributed by atoms with Crippen molar-refractivity contribution in [2.24, 2.45) is 0 Å². The second kappa shape index (κ2) is 6.64. The topological polar surface area (TPSA) is 35.5 Å². The summed E-state index contributed by atoms with van der Waals surface area (Å²) in [6, 6.07) is 4.23. The van der Waals surface area contributed by atoms with Crippen LogP contribution in [-0.2, 0) is 4.84 Å². The molecule has 0 bridgehead atoms. The van der Waals surface area contributed by atoms with Gasteiger partial charge >= 0.3 is 18.9 Å². The summed E-state index contributed by atoms with van der Waals surface area (Å²) in [6.45, 7) is 0. The third-order valence-electron chi connectivity index (χ3n) is 1.84. The second-order valence-electron chi connectivity index (χ2n) is 2.75. The predicted octanol–water partition coefficient (Wildman–Crippen LogP) is -1.56. The largest absolute Gasteiger partial charge is 1.00 e. The molecule has 1 atom stereocenters. The zero-order valence-corrected chi connectivity index (χ0v) is 10.4. The average molecular weight is 270 g/mol. The van der Waals surface area contributed by atoms with Crippen molar-refractivity contribution in [2.45, 2.75) is 6.23 Å². The molecule has 15 heavy (non-hydrogen) atoms. The molecule has 0 saturated heterocycles. The van der Waals surface area contributed by atoms with Crippen molar-refractivity contribution < 1.29 is 33.2 Å².